The highest BCUT2D eigenvalue weighted by Crippen LogP contribution is 2.44. The first-order chi connectivity index (χ1) is 13.0. The summed E-state index contributed by atoms with van der Waals surface area (Å²) in [6.07, 6.45) is 2.38. The van der Waals surface area contributed by atoms with E-state index < -0.39 is 6.04 Å². The Bertz CT molecular complexity index is 747. The molecule has 0 bridgehead atoms. The van der Waals surface area contributed by atoms with Crippen LogP contribution in [0.2, 0.25) is 0 Å². The highest BCUT2D eigenvalue weighted by Gasteiger charge is 2.44. The average Bonchev–Trinajstić information content (AvgIpc) is 3.13. The van der Waals surface area contributed by atoms with E-state index in [1.54, 1.807) is 16.7 Å². The number of fused-ring (bicyclic) bond motifs is 1. The van der Waals surface area contributed by atoms with Gasteiger partial charge in [0.25, 0.3) is 0 Å². The number of nitrogens with zero attached hydrogens (tertiary/aromatic N) is 1. The number of carbonyl (C=O) groups excluding carboxylic acids is 2. The second kappa shape index (κ2) is 7.36. The maximum atomic E-state index is 13.0. The molecule has 2 saturated heterocycles. The molecule has 6 nitrogen and oxygen atoms in total. The normalized spacial score (nSPS) is 26.4. The Balaban J connectivity index is 1.59. The number of rotatable bonds is 2. The minimum atomic E-state index is -0.394. The number of benzene rings is 1. The van der Waals surface area contributed by atoms with Crippen molar-refractivity contribution in [3.05, 3.63) is 29.3 Å². The molecule has 1 aromatic rings. The summed E-state index contributed by atoms with van der Waals surface area (Å²) in [5, 5.41) is 3.23. The third kappa shape index (κ3) is 3.67. The molecular formula is C20H26N2O4S. The van der Waals surface area contributed by atoms with Crippen molar-refractivity contribution in [2.24, 2.45) is 0 Å². The van der Waals surface area contributed by atoms with Crippen LogP contribution >= 0.6 is 11.8 Å². The first-order valence-electron chi connectivity index (χ1n) is 9.50. The van der Waals surface area contributed by atoms with E-state index in [4.69, 9.17) is 9.47 Å². The van der Waals surface area contributed by atoms with Crippen LogP contribution in [-0.2, 0) is 14.3 Å². The molecule has 3 heterocycles. The summed E-state index contributed by atoms with van der Waals surface area (Å²) in [7, 11) is 0. The van der Waals surface area contributed by atoms with Gasteiger partial charge in [-0.25, -0.2) is 0 Å². The van der Waals surface area contributed by atoms with Crippen LogP contribution in [0.3, 0.4) is 0 Å². The van der Waals surface area contributed by atoms with Gasteiger partial charge in [0.2, 0.25) is 11.8 Å². The van der Waals surface area contributed by atoms with E-state index in [-0.39, 0.29) is 23.5 Å². The van der Waals surface area contributed by atoms with Crippen molar-refractivity contribution < 1.29 is 19.1 Å². The molecular weight excluding hydrogens is 364 g/mol. The number of nitrogens with one attached hydrogen (secondary N) is 1. The summed E-state index contributed by atoms with van der Waals surface area (Å²) in [5.74, 6) is 1.95. The van der Waals surface area contributed by atoms with Crippen LogP contribution in [0.15, 0.2) is 18.2 Å². The maximum Gasteiger partial charge on any atom is 0.244 e. The van der Waals surface area contributed by atoms with E-state index in [0.29, 0.717) is 24.8 Å². The predicted octanol–water partition coefficient (Wildman–Crippen LogP) is 2.41. The van der Waals surface area contributed by atoms with Gasteiger partial charge in [-0.15, -0.1) is 11.8 Å². The molecule has 0 saturated carbocycles. The van der Waals surface area contributed by atoms with Gasteiger partial charge >= 0.3 is 0 Å². The SMILES string of the molecule is CC(=O)N1CSC[C@@H]1C(=O)N[C@H]1CC2(CCOCC2)Oc2ccc(C)cc21. The van der Waals surface area contributed by atoms with Gasteiger partial charge in [0.05, 0.1) is 25.1 Å². The van der Waals surface area contributed by atoms with E-state index >= 15 is 0 Å². The molecule has 0 radical (unpaired) electrons. The van der Waals surface area contributed by atoms with Gasteiger partial charge in [-0.05, 0) is 13.0 Å². The second-order valence-corrected chi connectivity index (χ2v) is 8.71. The van der Waals surface area contributed by atoms with Gasteiger partial charge in [0.1, 0.15) is 17.4 Å². The molecule has 2 amide bonds. The summed E-state index contributed by atoms with van der Waals surface area (Å²) >= 11 is 1.62. The van der Waals surface area contributed by atoms with Crippen molar-refractivity contribution in [1.29, 1.82) is 0 Å². The van der Waals surface area contributed by atoms with Crippen LogP contribution in [-0.4, -0.2) is 53.2 Å². The van der Waals surface area contributed by atoms with Crippen molar-refractivity contribution in [3.8, 4) is 5.75 Å². The zero-order valence-corrected chi connectivity index (χ0v) is 16.6. The topological polar surface area (TPSA) is 67.9 Å². The molecule has 27 heavy (non-hydrogen) atoms. The van der Waals surface area contributed by atoms with Crippen LogP contribution in [0.1, 0.15) is 43.4 Å². The molecule has 2 fully saturated rings. The monoisotopic (exact) mass is 390 g/mol. The number of hydrogen-bond donors (Lipinski definition) is 1. The number of hydrogen-bond acceptors (Lipinski definition) is 5. The van der Waals surface area contributed by atoms with Crippen molar-refractivity contribution >= 4 is 23.6 Å². The third-order valence-electron chi connectivity index (χ3n) is 5.75. The lowest BCUT2D eigenvalue weighted by atomic mass is 9.81. The number of amides is 2. The summed E-state index contributed by atoms with van der Waals surface area (Å²) in [4.78, 5) is 26.5. The van der Waals surface area contributed by atoms with E-state index in [1.807, 2.05) is 19.1 Å². The largest absolute Gasteiger partial charge is 0.487 e. The fourth-order valence-corrected chi connectivity index (χ4v) is 5.42. The number of carbonyl (C=O) groups is 2. The molecule has 1 N–H and O–H groups in total. The van der Waals surface area contributed by atoms with Crippen molar-refractivity contribution in [2.75, 3.05) is 24.8 Å². The Morgan fingerprint density at radius 2 is 2.07 bits per heavy atom. The Morgan fingerprint density at radius 3 is 2.81 bits per heavy atom. The average molecular weight is 391 g/mol. The maximum absolute atomic E-state index is 13.0. The molecule has 146 valence electrons. The van der Waals surface area contributed by atoms with Crippen molar-refractivity contribution in [2.45, 2.75) is 50.8 Å². The van der Waals surface area contributed by atoms with Crippen LogP contribution in [0.5, 0.6) is 5.75 Å². The molecule has 0 unspecified atom stereocenters. The molecule has 1 aromatic carbocycles. The third-order valence-corrected chi connectivity index (χ3v) is 6.77. The minimum absolute atomic E-state index is 0.0516. The predicted molar refractivity (Wildman–Crippen MR) is 104 cm³/mol. The molecule has 3 aliphatic rings. The van der Waals surface area contributed by atoms with Crippen LogP contribution in [0, 0.1) is 6.92 Å². The zero-order valence-electron chi connectivity index (χ0n) is 15.8. The van der Waals surface area contributed by atoms with Gasteiger partial charge in [-0.3, -0.25) is 9.59 Å². The Hall–Kier alpha value is -1.73. The van der Waals surface area contributed by atoms with Gasteiger partial charge < -0.3 is 19.7 Å². The van der Waals surface area contributed by atoms with Gasteiger partial charge in [-0.1, -0.05) is 17.7 Å². The van der Waals surface area contributed by atoms with Crippen molar-refractivity contribution in [1.82, 2.24) is 10.2 Å². The standard InChI is InChI=1S/C20H26N2O4S/c1-13-3-4-18-15(9-13)16(10-20(26-18)5-7-25-8-6-20)21-19(24)17-11-27-12-22(17)14(2)23/h3-4,9,16-17H,5-8,10-12H2,1-2H3,(H,21,24)/t16-,17+/m0/s1. The Labute approximate surface area is 164 Å². The molecule has 2 atom stereocenters. The highest BCUT2D eigenvalue weighted by atomic mass is 32.2. The van der Waals surface area contributed by atoms with Crippen LogP contribution in [0.25, 0.3) is 0 Å². The number of aryl methyl sites for hydroxylation is 1. The fourth-order valence-electron chi connectivity index (χ4n) is 4.21. The first-order valence-corrected chi connectivity index (χ1v) is 10.7. The fraction of sp³-hybridized carbons (Fsp3) is 0.600. The summed E-state index contributed by atoms with van der Waals surface area (Å²) in [6.45, 7) is 4.93. The van der Waals surface area contributed by atoms with Gasteiger partial charge in [0, 0.05) is 37.5 Å². The number of ether oxygens (including phenoxy) is 2. The molecule has 1 spiro atoms. The lowest BCUT2D eigenvalue weighted by molar-refractivity contribution is -0.137. The lowest BCUT2D eigenvalue weighted by Gasteiger charge is -2.44. The quantitative estimate of drug-likeness (QED) is 0.840. The first kappa shape index (κ1) is 18.6. The van der Waals surface area contributed by atoms with Gasteiger partial charge in [0.15, 0.2) is 0 Å². The highest BCUT2D eigenvalue weighted by molar-refractivity contribution is 7.99. The van der Waals surface area contributed by atoms with E-state index in [9.17, 15) is 9.59 Å². The minimum Gasteiger partial charge on any atom is -0.487 e. The van der Waals surface area contributed by atoms with E-state index in [2.05, 4.69) is 11.4 Å². The zero-order chi connectivity index (χ0) is 19.0. The molecule has 3 aliphatic heterocycles. The molecule has 4 rings (SSSR count). The summed E-state index contributed by atoms with van der Waals surface area (Å²) in [6, 6.07) is 5.64. The Kier molecular flexibility index (Phi) is 5.07. The number of thioether (sulfide) groups is 1. The summed E-state index contributed by atoms with van der Waals surface area (Å²) in [5.41, 5.74) is 1.88. The van der Waals surface area contributed by atoms with E-state index in [1.165, 1.54) is 6.92 Å². The molecule has 0 aliphatic carbocycles. The smallest absolute Gasteiger partial charge is 0.244 e. The molecule has 7 heteroatoms. The van der Waals surface area contributed by atoms with Gasteiger partial charge in [-0.2, -0.15) is 0 Å². The van der Waals surface area contributed by atoms with Crippen molar-refractivity contribution in [3.63, 3.8) is 0 Å². The van der Waals surface area contributed by atoms with E-state index in [0.717, 1.165) is 36.1 Å². The Morgan fingerprint density at radius 1 is 1.30 bits per heavy atom. The second-order valence-electron chi connectivity index (χ2n) is 7.71. The van der Waals surface area contributed by atoms with Crippen LogP contribution in [0.4, 0.5) is 0 Å². The summed E-state index contributed by atoms with van der Waals surface area (Å²) < 4.78 is 11.9. The van der Waals surface area contributed by atoms with Crippen LogP contribution < -0.4 is 10.1 Å². The lowest BCUT2D eigenvalue weighted by Crippen LogP contribution is -2.52. The molecule has 0 aromatic heterocycles.